The van der Waals surface area contributed by atoms with Crippen LogP contribution in [0.3, 0.4) is 0 Å². The summed E-state index contributed by atoms with van der Waals surface area (Å²) in [6.45, 7) is 3.43. The Morgan fingerprint density at radius 1 is 0.684 bits per heavy atom. The molecule has 2 heterocycles. The smallest absolute Gasteiger partial charge is 0.269 e. The van der Waals surface area contributed by atoms with Gasteiger partial charge in [0.25, 0.3) is 11.4 Å². The molecule has 4 rings (SSSR count). The van der Waals surface area contributed by atoms with Crippen LogP contribution in [0.1, 0.15) is 41.9 Å². The van der Waals surface area contributed by atoms with Gasteiger partial charge in [0, 0.05) is 24.3 Å². The maximum absolute atomic E-state index is 12.8. The molecule has 2 aromatic carbocycles. The van der Waals surface area contributed by atoms with E-state index in [1.165, 1.54) is 59.1 Å². The van der Waals surface area contributed by atoms with Crippen molar-refractivity contribution in [1.82, 2.24) is 9.97 Å². The van der Waals surface area contributed by atoms with Gasteiger partial charge in [-0.1, -0.05) is 12.2 Å². The Balaban J connectivity index is 1.49. The second-order valence-electron chi connectivity index (χ2n) is 7.96. The highest BCUT2D eigenvalue weighted by Gasteiger charge is 2.20. The van der Waals surface area contributed by atoms with E-state index in [1.54, 1.807) is 50.3 Å². The van der Waals surface area contributed by atoms with Gasteiger partial charge in [0.05, 0.1) is 31.0 Å². The molecule has 0 saturated heterocycles. The van der Waals surface area contributed by atoms with Crippen molar-refractivity contribution in [3.63, 3.8) is 0 Å². The van der Waals surface area contributed by atoms with Crippen molar-refractivity contribution in [2.24, 2.45) is 0 Å². The zero-order valence-corrected chi connectivity index (χ0v) is 21.6. The summed E-state index contributed by atoms with van der Waals surface area (Å²) in [4.78, 5) is 55.9. The summed E-state index contributed by atoms with van der Waals surface area (Å²) in [5.74, 6) is -0.527. The summed E-state index contributed by atoms with van der Waals surface area (Å²) < 4.78 is 0. The molecule has 0 aliphatic carbocycles. The number of rotatable bonds is 9. The maximum Gasteiger partial charge on any atom is 0.269 e. The van der Waals surface area contributed by atoms with Gasteiger partial charge in [-0.25, -0.2) is 9.97 Å². The van der Waals surface area contributed by atoms with Gasteiger partial charge < -0.3 is 0 Å². The highest BCUT2D eigenvalue weighted by Crippen LogP contribution is 2.33. The number of aryl methyl sites for hydroxylation is 2. The first-order valence-electron chi connectivity index (χ1n) is 11.0. The Morgan fingerprint density at radius 2 is 1.03 bits per heavy atom. The van der Waals surface area contributed by atoms with Gasteiger partial charge in [-0.15, -0.1) is 22.7 Å². The first kappa shape index (κ1) is 26.4. The third-order valence-electron chi connectivity index (χ3n) is 5.29. The summed E-state index contributed by atoms with van der Waals surface area (Å²) in [5, 5.41) is 22.6. The Morgan fingerprint density at radius 3 is 1.34 bits per heavy atom. The zero-order chi connectivity index (χ0) is 27.4. The lowest BCUT2D eigenvalue weighted by Gasteiger charge is -1.94. The third-order valence-corrected chi connectivity index (χ3v) is 7.77. The van der Waals surface area contributed by atoms with E-state index < -0.39 is 9.85 Å². The van der Waals surface area contributed by atoms with Crippen LogP contribution in [0, 0.1) is 34.1 Å². The lowest BCUT2D eigenvalue weighted by molar-refractivity contribution is -0.385. The van der Waals surface area contributed by atoms with E-state index in [1.807, 2.05) is 0 Å². The lowest BCUT2D eigenvalue weighted by Crippen LogP contribution is -1.93. The number of carbonyl (C=O) groups excluding carboxylic acids is 2. The van der Waals surface area contributed by atoms with Crippen LogP contribution < -0.4 is 0 Å². The number of nitrogens with zero attached hydrogens (tertiary/aromatic N) is 4. The fourth-order valence-corrected chi connectivity index (χ4v) is 5.33. The van der Waals surface area contributed by atoms with Crippen LogP contribution in [0.4, 0.5) is 11.4 Å². The summed E-state index contributed by atoms with van der Waals surface area (Å²) in [5.41, 5.74) is 2.28. The number of thiazole rings is 2. The second kappa shape index (κ2) is 11.2. The highest BCUT2D eigenvalue weighted by molar-refractivity contribution is 7.23. The van der Waals surface area contributed by atoms with Crippen LogP contribution in [0.5, 0.6) is 0 Å². The van der Waals surface area contributed by atoms with Crippen molar-refractivity contribution in [3.05, 3.63) is 113 Å². The van der Waals surface area contributed by atoms with E-state index in [9.17, 15) is 29.8 Å². The van der Waals surface area contributed by atoms with E-state index in [2.05, 4.69) is 9.97 Å². The molecular weight excluding hydrogens is 528 g/mol. The largest absolute Gasteiger partial charge is 0.288 e. The van der Waals surface area contributed by atoms with Gasteiger partial charge in [0.1, 0.15) is 0 Å². The quantitative estimate of drug-likeness (QED) is 0.100. The number of aromatic nitrogens is 2. The Bertz CT molecular complexity index is 1490. The SMILES string of the molecule is Cc1nc(-c2nc(C)c(C(=O)/C=C\c3ccc([N+](=O)[O-])cc3)s2)sc1C(=O)/C=C\c1ccc([N+](=O)[O-])cc1. The molecule has 0 unspecified atom stereocenters. The highest BCUT2D eigenvalue weighted by atomic mass is 32.1. The predicted molar refractivity (Wildman–Crippen MR) is 146 cm³/mol. The average Bonchev–Trinajstić information content (AvgIpc) is 3.48. The Hall–Kier alpha value is -4.68. The van der Waals surface area contributed by atoms with E-state index in [4.69, 9.17) is 0 Å². The number of carbonyl (C=O) groups is 2. The number of non-ortho nitro benzene ring substituents is 2. The van der Waals surface area contributed by atoms with Gasteiger partial charge in [-0.2, -0.15) is 0 Å². The van der Waals surface area contributed by atoms with Crippen molar-refractivity contribution >= 4 is 57.8 Å². The number of hydrogen-bond donors (Lipinski definition) is 0. The topological polar surface area (TPSA) is 146 Å². The molecule has 2 aromatic heterocycles. The average molecular weight is 547 g/mol. The van der Waals surface area contributed by atoms with Crippen LogP contribution in [0.25, 0.3) is 22.2 Å². The fourth-order valence-electron chi connectivity index (χ4n) is 3.34. The normalized spacial score (nSPS) is 11.3. The van der Waals surface area contributed by atoms with E-state index >= 15 is 0 Å². The molecule has 0 radical (unpaired) electrons. The van der Waals surface area contributed by atoms with Gasteiger partial charge in [0.15, 0.2) is 21.6 Å². The lowest BCUT2D eigenvalue weighted by atomic mass is 10.1. The first-order valence-corrected chi connectivity index (χ1v) is 12.6. The van der Waals surface area contributed by atoms with Gasteiger partial charge in [-0.05, 0) is 61.4 Å². The van der Waals surface area contributed by atoms with Crippen LogP contribution >= 0.6 is 22.7 Å². The molecule has 4 aromatic rings. The minimum absolute atomic E-state index is 0.0325. The summed E-state index contributed by atoms with van der Waals surface area (Å²) in [7, 11) is 0. The Labute approximate surface area is 223 Å². The predicted octanol–water partition coefficient (Wildman–Crippen LogP) is 6.49. The van der Waals surface area contributed by atoms with Gasteiger partial charge >= 0.3 is 0 Å². The summed E-state index contributed by atoms with van der Waals surface area (Å²) in [6, 6.07) is 11.7. The first-order chi connectivity index (χ1) is 18.1. The van der Waals surface area contributed by atoms with Crippen LogP contribution in [-0.2, 0) is 0 Å². The number of nitro benzene ring substituents is 2. The molecule has 38 heavy (non-hydrogen) atoms. The molecule has 0 amide bonds. The number of benzene rings is 2. The molecule has 12 heteroatoms. The molecule has 10 nitrogen and oxygen atoms in total. The fraction of sp³-hybridized carbons (Fsp3) is 0.0769. The molecule has 0 saturated carbocycles. The number of nitro groups is 2. The van der Waals surface area contributed by atoms with Gasteiger partial charge in [-0.3, -0.25) is 29.8 Å². The van der Waals surface area contributed by atoms with Gasteiger partial charge in [0.2, 0.25) is 0 Å². The maximum atomic E-state index is 12.8. The monoisotopic (exact) mass is 546 g/mol. The standard InChI is InChI=1S/C26H18N4O6S2/c1-15-23(21(31)13-7-17-3-9-19(10-4-17)29(33)34)37-25(27-15)26-28-16(2)24(38-26)22(32)14-8-18-5-11-20(12-6-18)30(35)36/h3-14H,1-2H3/b13-7-,14-8-. The van der Waals surface area contributed by atoms with Crippen molar-refractivity contribution in [2.75, 3.05) is 0 Å². The molecule has 0 atom stereocenters. The van der Waals surface area contributed by atoms with Crippen LogP contribution in [0.15, 0.2) is 60.7 Å². The van der Waals surface area contributed by atoms with E-state index in [0.717, 1.165) is 0 Å². The van der Waals surface area contributed by atoms with Crippen LogP contribution in [0.2, 0.25) is 0 Å². The summed E-state index contributed by atoms with van der Waals surface area (Å²) >= 11 is 2.34. The van der Waals surface area contributed by atoms with E-state index in [-0.39, 0.29) is 22.9 Å². The molecular formula is C26H18N4O6S2. The number of ketones is 2. The van der Waals surface area contributed by atoms with Crippen molar-refractivity contribution < 1.29 is 19.4 Å². The van der Waals surface area contributed by atoms with Crippen molar-refractivity contribution in [3.8, 4) is 10.0 Å². The van der Waals surface area contributed by atoms with Crippen molar-refractivity contribution in [2.45, 2.75) is 13.8 Å². The molecule has 0 bridgehead atoms. The Kier molecular flexibility index (Phi) is 7.74. The number of allylic oxidation sites excluding steroid dienone is 2. The molecule has 0 spiro atoms. The molecule has 190 valence electrons. The van der Waals surface area contributed by atoms with Crippen LogP contribution in [-0.4, -0.2) is 31.4 Å². The van der Waals surface area contributed by atoms with Crippen molar-refractivity contribution in [1.29, 1.82) is 0 Å². The zero-order valence-electron chi connectivity index (χ0n) is 20.0. The second-order valence-corrected chi connectivity index (χ2v) is 9.96. The molecule has 0 N–H and O–H groups in total. The minimum atomic E-state index is -0.491. The minimum Gasteiger partial charge on any atom is -0.288 e. The third kappa shape index (κ3) is 5.99. The number of hydrogen-bond acceptors (Lipinski definition) is 10. The molecule has 0 aliphatic rings. The molecule has 0 aliphatic heterocycles. The summed E-state index contributed by atoms with van der Waals surface area (Å²) in [6.07, 6.45) is 5.92. The van der Waals surface area contributed by atoms with E-state index in [0.29, 0.717) is 42.3 Å². The molecule has 0 fully saturated rings.